The van der Waals surface area contributed by atoms with Crippen LogP contribution in [0.1, 0.15) is 33.9 Å². The van der Waals surface area contributed by atoms with Gasteiger partial charge in [-0.3, -0.25) is 5.10 Å². The molecule has 5 rings (SSSR count). The number of aryl methyl sites for hydroxylation is 2. The monoisotopic (exact) mass is 365 g/mol. The number of nitriles is 1. The third kappa shape index (κ3) is 2.35. The molecular formula is C23H19N5. The summed E-state index contributed by atoms with van der Waals surface area (Å²) in [7, 11) is 0. The van der Waals surface area contributed by atoms with E-state index in [-0.39, 0.29) is 5.92 Å². The Morgan fingerprint density at radius 1 is 1.04 bits per heavy atom. The summed E-state index contributed by atoms with van der Waals surface area (Å²) >= 11 is 0. The van der Waals surface area contributed by atoms with Crippen LogP contribution < -0.4 is 5.32 Å². The molecule has 28 heavy (non-hydrogen) atoms. The van der Waals surface area contributed by atoms with Crippen LogP contribution in [-0.4, -0.2) is 15.2 Å². The first-order valence-electron chi connectivity index (χ1n) is 9.26. The minimum atomic E-state index is -0.163. The first-order chi connectivity index (χ1) is 13.7. The number of nitrogens with zero attached hydrogens (tertiary/aromatic N) is 2. The standard InChI is InChI=1S/C23H19N5/c1-13-7-9-15(10-8-13)21-17(11-24)22(26-23-20(21)14(2)27-28-23)18-12-25-19-6-4-3-5-16(18)19/h3-10,12,21,25H,1-2H3,(H2,26,27,28). The van der Waals surface area contributed by atoms with Crippen molar-refractivity contribution in [2.75, 3.05) is 5.32 Å². The maximum Gasteiger partial charge on any atom is 0.156 e. The molecule has 0 aliphatic carbocycles. The van der Waals surface area contributed by atoms with Gasteiger partial charge >= 0.3 is 0 Å². The summed E-state index contributed by atoms with van der Waals surface area (Å²) < 4.78 is 0. The number of nitrogens with one attached hydrogen (secondary N) is 3. The molecule has 0 saturated heterocycles. The third-order valence-corrected chi connectivity index (χ3v) is 5.47. The van der Waals surface area contributed by atoms with Gasteiger partial charge < -0.3 is 10.3 Å². The minimum Gasteiger partial charge on any atom is -0.360 e. The number of anilines is 1. The molecule has 4 aromatic rings. The second kappa shape index (κ2) is 6.14. The number of fused-ring (bicyclic) bond motifs is 2. The van der Waals surface area contributed by atoms with Crippen molar-refractivity contribution in [2.45, 2.75) is 19.8 Å². The van der Waals surface area contributed by atoms with Gasteiger partial charge in [0.1, 0.15) is 0 Å². The highest BCUT2D eigenvalue weighted by Crippen LogP contribution is 2.45. The quantitative estimate of drug-likeness (QED) is 0.468. The van der Waals surface area contributed by atoms with Crippen molar-refractivity contribution in [1.29, 1.82) is 5.26 Å². The van der Waals surface area contributed by atoms with E-state index in [0.29, 0.717) is 5.57 Å². The highest BCUT2D eigenvalue weighted by Gasteiger charge is 2.34. The van der Waals surface area contributed by atoms with E-state index in [1.54, 1.807) is 0 Å². The van der Waals surface area contributed by atoms with Gasteiger partial charge in [0.05, 0.1) is 23.3 Å². The summed E-state index contributed by atoms with van der Waals surface area (Å²) in [6, 6.07) is 19.0. The van der Waals surface area contributed by atoms with Gasteiger partial charge in [0.15, 0.2) is 5.82 Å². The topological polar surface area (TPSA) is 80.3 Å². The Labute approximate surface area is 162 Å². The highest BCUT2D eigenvalue weighted by atomic mass is 15.2. The fourth-order valence-corrected chi connectivity index (χ4v) is 4.06. The number of aromatic nitrogens is 3. The van der Waals surface area contributed by atoms with Gasteiger partial charge in [-0.25, -0.2) is 0 Å². The Bertz CT molecular complexity index is 1260. The Hall–Kier alpha value is -3.78. The lowest BCUT2D eigenvalue weighted by Gasteiger charge is -2.27. The number of hydrogen-bond donors (Lipinski definition) is 3. The molecule has 1 atom stereocenters. The summed E-state index contributed by atoms with van der Waals surface area (Å²) in [5, 5.41) is 22.2. The molecule has 0 spiro atoms. The number of rotatable bonds is 2. The van der Waals surface area contributed by atoms with Crippen molar-refractivity contribution in [3.63, 3.8) is 0 Å². The molecule has 136 valence electrons. The number of aromatic amines is 2. The van der Waals surface area contributed by atoms with Crippen molar-refractivity contribution < 1.29 is 0 Å². The molecule has 0 fully saturated rings. The Morgan fingerprint density at radius 3 is 2.61 bits per heavy atom. The van der Waals surface area contributed by atoms with Crippen LogP contribution >= 0.6 is 0 Å². The van der Waals surface area contributed by atoms with Crippen molar-refractivity contribution in [2.24, 2.45) is 0 Å². The van der Waals surface area contributed by atoms with E-state index in [1.807, 2.05) is 31.3 Å². The summed E-state index contributed by atoms with van der Waals surface area (Å²) in [4.78, 5) is 3.31. The molecular weight excluding hydrogens is 346 g/mol. The van der Waals surface area contributed by atoms with Crippen LogP contribution in [0.25, 0.3) is 16.6 Å². The lowest BCUT2D eigenvalue weighted by Crippen LogP contribution is -2.17. The molecule has 1 aliphatic heterocycles. The highest BCUT2D eigenvalue weighted by molar-refractivity contribution is 5.98. The van der Waals surface area contributed by atoms with Crippen LogP contribution in [0.5, 0.6) is 0 Å². The van der Waals surface area contributed by atoms with Crippen LogP contribution in [0, 0.1) is 25.2 Å². The maximum absolute atomic E-state index is 10.2. The molecule has 3 N–H and O–H groups in total. The largest absolute Gasteiger partial charge is 0.360 e. The Kier molecular flexibility index (Phi) is 3.59. The molecule has 2 aromatic heterocycles. The van der Waals surface area contributed by atoms with E-state index >= 15 is 0 Å². The van der Waals surface area contributed by atoms with Crippen molar-refractivity contribution in [3.05, 3.63) is 88.2 Å². The maximum atomic E-state index is 10.2. The van der Waals surface area contributed by atoms with Crippen LogP contribution in [0.15, 0.2) is 60.3 Å². The molecule has 1 aliphatic rings. The number of benzene rings is 2. The molecule has 3 heterocycles. The van der Waals surface area contributed by atoms with E-state index < -0.39 is 0 Å². The smallest absolute Gasteiger partial charge is 0.156 e. The van der Waals surface area contributed by atoms with Gasteiger partial charge in [0.25, 0.3) is 0 Å². The van der Waals surface area contributed by atoms with Crippen LogP contribution in [0.4, 0.5) is 5.82 Å². The normalized spacial score (nSPS) is 16.0. The first kappa shape index (κ1) is 16.4. The predicted molar refractivity (Wildman–Crippen MR) is 111 cm³/mol. The van der Waals surface area contributed by atoms with E-state index in [1.165, 1.54) is 5.56 Å². The zero-order valence-corrected chi connectivity index (χ0v) is 15.7. The number of hydrogen-bond acceptors (Lipinski definition) is 3. The van der Waals surface area contributed by atoms with E-state index in [9.17, 15) is 5.26 Å². The second-order valence-electron chi connectivity index (χ2n) is 7.23. The van der Waals surface area contributed by atoms with Gasteiger partial charge in [-0.15, -0.1) is 0 Å². The van der Waals surface area contributed by atoms with Crippen molar-refractivity contribution >= 4 is 22.4 Å². The average Bonchev–Trinajstić information content (AvgIpc) is 3.31. The Morgan fingerprint density at radius 2 is 1.82 bits per heavy atom. The number of para-hydroxylation sites is 1. The molecule has 1 unspecified atom stereocenters. The third-order valence-electron chi connectivity index (χ3n) is 5.47. The lowest BCUT2D eigenvalue weighted by atomic mass is 9.80. The van der Waals surface area contributed by atoms with Crippen LogP contribution in [0.2, 0.25) is 0 Å². The SMILES string of the molecule is Cc1ccc(C2C(C#N)=C(c3c[nH]c4ccccc34)Nc3n[nH]c(C)c32)cc1. The summed E-state index contributed by atoms with van der Waals surface area (Å²) in [5.41, 5.74) is 7.82. The van der Waals surface area contributed by atoms with Gasteiger partial charge in [0.2, 0.25) is 0 Å². The van der Waals surface area contributed by atoms with Gasteiger partial charge in [-0.1, -0.05) is 48.0 Å². The zero-order valence-electron chi connectivity index (χ0n) is 15.7. The van der Waals surface area contributed by atoms with Crippen molar-refractivity contribution in [3.8, 4) is 6.07 Å². The molecule has 5 heteroatoms. The fraction of sp³-hybridized carbons (Fsp3) is 0.130. The molecule has 0 bridgehead atoms. The molecule has 0 amide bonds. The summed E-state index contributed by atoms with van der Waals surface area (Å²) in [6.07, 6.45) is 1.96. The van der Waals surface area contributed by atoms with Crippen LogP contribution in [-0.2, 0) is 0 Å². The summed E-state index contributed by atoms with van der Waals surface area (Å²) in [6.45, 7) is 4.07. The molecule has 2 aromatic carbocycles. The van der Waals surface area contributed by atoms with Gasteiger partial charge in [-0.05, 0) is 25.5 Å². The van der Waals surface area contributed by atoms with Crippen molar-refractivity contribution in [1.82, 2.24) is 15.2 Å². The number of H-pyrrole nitrogens is 2. The average molecular weight is 365 g/mol. The summed E-state index contributed by atoms with van der Waals surface area (Å²) in [5.74, 6) is 0.617. The van der Waals surface area contributed by atoms with Gasteiger partial charge in [0, 0.05) is 33.9 Å². The lowest BCUT2D eigenvalue weighted by molar-refractivity contribution is 0.955. The molecule has 5 nitrogen and oxygen atoms in total. The zero-order chi connectivity index (χ0) is 19.3. The van der Waals surface area contributed by atoms with E-state index in [0.717, 1.165) is 44.8 Å². The second-order valence-corrected chi connectivity index (χ2v) is 7.23. The predicted octanol–water partition coefficient (Wildman–Crippen LogP) is 5.00. The molecule has 0 saturated carbocycles. The van der Waals surface area contributed by atoms with Crippen LogP contribution in [0.3, 0.4) is 0 Å². The minimum absolute atomic E-state index is 0.163. The van der Waals surface area contributed by atoms with E-state index in [2.05, 4.69) is 63.8 Å². The Balaban J connectivity index is 1.79. The number of allylic oxidation sites excluding steroid dienone is 1. The fourth-order valence-electron chi connectivity index (χ4n) is 4.06. The van der Waals surface area contributed by atoms with E-state index in [4.69, 9.17) is 0 Å². The first-order valence-corrected chi connectivity index (χ1v) is 9.26. The molecule has 0 radical (unpaired) electrons. The van der Waals surface area contributed by atoms with Gasteiger partial charge in [-0.2, -0.15) is 10.4 Å².